The predicted molar refractivity (Wildman–Crippen MR) is 102 cm³/mol. The summed E-state index contributed by atoms with van der Waals surface area (Å²) in [6.07, 6.45) is 1.37. The van der Waals surface area contributed by atoms with Crippen molar-refractivity contribution in [3.63, 3.8) is 0 Å². The van der Waals surface area contributed by atoms with Crippen LogP contribution in [-0.4, -0.2) is 29.8 Å². The van der Waals surface area contributed by atoms with Gasteiger partial charge in [0, 0.05) is 12.5 Å². The standard InChI is InChI=1S/C21H20N2O6/c1-13(21(27)28)22-20(26)18(23-19(25)16-6-4-3-5-7-16)12-15-8-10-17(11-9-15)29-14(2)24/h3-13H,1-2H3,(H,22,26)(H,23,25)(H,27,28)/p-1/b18-12-/t13-/m0/s1. The topological polar surface area (TPSA) is 125 Å². The van der Waals surface area contributed by atoms with Gasteiger partial charge in [-0.1, -0.05) is 30.3 Å². The highest BCUT2D eigenvalue weighted by Gasteiger charge is 2.17. The summed E-state index contributed by atoms with van der Waals surface area (Å²) in [5.41, 5.74) is 0.678. The van der Waals surface area contributed by atoms with Crippen molar-refractivity contribution in [3.05, 3.63) is 71.4 Å². The Morgan fingerprint density at radius 1 is 1.00 bits per heavy atom. The van der Waals surface area contributed by atoms with Gasteiger partial charge >= 0.3 is 5.97 Å². The molecule has 0 saturated carbocycles. The number of aliphatic carboxylic acids is 1. The molecule has 0 spiro atoms. The van der Waals surface area contributed by atoms with Gasteiger partial charge in [0.1, 0.15) is 11.4 Å². The van der Waals surface area contributed by atoms with Gasteiger partial charge in [0.15, 0.2) is 0 Å². The van der Waals surface area contributed by atoms with Crippen LogP contribution in [0.5, 0.6) is 5.75 Å². The Kier molecular flexibility index (Phi) is 7.25. The first kappa shape index (κ1) is 21.4. The molecule has 150 valence electrons. The van der Waals surface area contributed by atoms with E-state index in [2.05, 4.69) is 10.6 Å². The Balaban J connectivity index is 2.28. The molecule has 0 unspecified atom stereocenters. The molecular formula is C21H19N2O6-. The van der Waals surface area contributed by atoms with Crippen LogP contribution in [0.3, 0.4) is 0 Å². The summed E-state index contributed by atoms with van der Waals surface area (Å²) >= 11 is 0. The lowest BCUT2D eigenvalue weighted by Crippen LogP contribution is -2.48. The maximum absolute atomic E-state index is 12.5. The average molecular weight is 395 g/mol. The van der Waals surface area contributed by atoms with Crippen molar-refractivity contribution in [3.8, 4) is 5.75 Å². The molecule has 2 aromatic carbocycles. The van der Waals surface area contributed by atoms with Gasteiger partial charge in [-0.05, 0) is 42.8 Å². The van der Waals surface area contributed by atoms with Crippen LogP contribution in [0, 0.1) is 0 Å². The number of nitrogens with one attached hydrogen (secondary N) is 2. The molecule has 0 heterocycles. The summed E-state index contributed by atoms with van der Waals surface area (Å²) in [6.45, 7) is 2.52. The van der Waals surface area contributed by atoms with Crippen LogP contribution in [0.1, 0.15) is 29.8 Å². The van der Waals surface area contributed by atoms with Gasteiger partial charge in [-0.3, -0.25) is 14.4 Å². The van der Waals surface area contributed by atoms with Crippen LogP contribution in [0.25, 0.3) is 6.08 Å². The quantitative estimate of drug-likeness (QED) is 0.403. The number of benzene rings is 2. The molecule has 8 nitrogen and oxygen atoms in total. The zero-order valence-corrected chi connectivity index (χ0v) is 15.8. The third-order valence-corrected chi connectivity index (χ3v) is 3.68. The van der Waals surface area contributed by atoms with E-state index in [1.54, 1.807) is 42.5 Å². The van der Waals surface area contributed by atoms with E-state index >= 15 is 0 Å². The second-order valence-corrected chi connectivity index (χ2v) is 6.06. The first-order chi connectivity index (χ1) is 13.8. The first-order valence-corrected chi connectivity index (χ1v) is 8.64. The number of carbonyl (C=O) groups excluding carboxylic acids is 4. The van der Waals surface area contributed by atoms with Gasteiger partial charge < -0.3 is 25.3 Å². The predicted octanol–water partition coefficient (Wildman–Crippen LogP) is 0.637. The number of hydrogen-bond donors (Lipinski definition) is 2. The minimum atomic E-state index is -1.46. The number of amides is 2. The van der Waals surface area contributed by atoms with E-state index in [4.69, 9.17) is 4.74 Å². The minimum absolute atomic E-state index is 0.160. The van der Waals surface area contributed by atoms with Crippen LogP contribution in [-0.2, 0) is 14.4 Å². The van der Waals surface area contributed by atoms with E-state index in [0.29, 0.717) is 16.9 Å². The molecule has 2 N–H and O–H groups in total. The molecule has 8 heteroatoms. The van der Waals surface area contributed by atoms with Crippen LogP contribution < -0.4 is 20.5 Å². The molecule has 0 aliphatic heterocycles. The van der Waals surface area contributed by atoms with E-state index in [-0.39, 0.29) is 5.70 Å². The van der Waals surface area contributed by atoms with Crippen LogP contribution in [0.2, 0.25) is 0 Å². The fourth-order valence-corrected chi connectivity index (χ4v) is 2.24. The van der Waals surface area contributed by atoms with E-state index in [9.17, 15) is 24.3 Å². The highest BCUT2D eigenvalue weighted by molar-refractivity contribution is 6.06. The van der Waals surface area contributed by atoms with Crippen LogP contribution in [0.4, 0.5) is 0 Å². The van der Waals surface area contributed by atoms with Crippen molar-refractivity contribution in [1.82, 2.24) is 10.6 Å². The largest absolute Gasteiger partial charge is 0.548 e. The Bertz CT molecular complexity index is 935. The van der Waals surface area contributed by atoms with Crippen molar-refractivity contribution >= 4 is 29.8 Å². The maximum atomic E-state index is 12.5. The molecular weight excluding hydrogens is 376 g/mol. The molecule has 2 rings (SSSR count). The highest BCUT2D eigenvalue weighted by Crippen LogP contribution is 2.15. The van der Waals surface area contributed by atoms with Crippen molar-refractivity contribution in [2.24, 2.45) is 0 Å². The lowest BCUT2D eigenvalue weighted by molar-refractivity contribution is -0.307. The molecule has 0 aliphatic rings. The van der Waals surface area contributed by atoms with Crippen molar-refractivity contribution < 1.29 is 29.0 Å². The van der Waals surface area contributed by atoms with Gasteiger partial charge in [0.05, 0.1) is 12.0 Å². The summed E-state index contributed by atoms with van der Waals surface area (Å²) < 4.78 is 4.94. The van der Waals surface area contributed by atoms with Gasteiger partial charge in [0.2, 0.25) is 0 Å². The maximum Gasteiger partial charge on any atom is 0.308 e. The number of ether oxygens (including phenoxy) is 1. The molecule has 0 bridgehead atoms. The lowest BCUT2D eigenvalue weighted by Gasteiger charge is -2.17. The summed E-state index contributed by atoms with van der Waals surface area (Å²) in [5.74, 6) is -2.95. The van der Waals surface area contributed by atoms with Crippen molar-refractivity contribution in [1.29, 1.82) is 0 Å². The first-order valence-electron chi connectivity index (χ1n) is 8.64. The monoisotopic (exact) mass is 395 g/mol. The van der Waals surface area contributed by atoms with Crippen molar-refractivity contribution in [2.75, 3.05) is 0 Å². The zero-order chi connectivity index (χ0) is 21.4. The summed E-state index contributed by atoms with van der Waals surface area (Å²) in [7, 11) is 0. The second kappa shape index (κ2) is 9.84. The number of carboxylic acid groups (broad SMARTS) is 1. The fourth-order valence-electron chi connectivity index (χ4n) is 2.24. The SMILES string of the molecule is CC(=O)Oc1ccc(/C=C(\NC(=O)c2ccccc2)C(=O)N[C@@H](C)C(=O)[O-])cc1. The lowest BCUT2D eigenvalue weighted by atomic mass is 10.1. The van der Waals surface area contributed by atoms with Crippen LogP contribution in [0.15, 0.2) is 60.3 Å². The number of hydrogen-bond acceptors (Lipinski definition) is 6. The third-order valence-electron chi connectivity index (χ3n) is 3.68. The second-order valence-electron chi connectivity index (χ2n) is 6.06. The molecule has 0 fully saturated rings. The molecule has 1 atom stereocenters. The van der Waals surface area contributed by atoms with E-state index in [0.717, 1.165) is 0 Å². The van der Waals surface area contributed by atoms with Gasteiger partial charge in [-0.25, -0.2) is 0 Å². The molecule has 29 heavy (non-hydrogen) atoms. The van der Waals surface area contributed by atoms with E-state index < -0.39 is 29.8 Å². The average Bonchev–Trinajstić information content (AvgIpc) is 2.68. The molecule has 0 radical (unpaired) electrons. The van der Waals surface area contributed by atoms with Crippen molar-refractivity contribution in [2.45, 2.75) is 19.9 Å². The Labute approximate surface area is 167 Å². The molecule has 0 aliphatic carbocycles. The van der Waals surface area contributed by atoms with E-state index in [1.165, 1.54) is 32.1 Å². The molecule has 2 aromatic rings. The number of carboxylic acids is 1. The Hall–Kier alpha value is -3.94. The third kappa shape index (κ3) is 6.62. The minimum Gasteiger partial charge on any atom is -0.548 e. The molecule has 0 saturated heterocycles. The zero-order valence-electron chi connectivity index (χ0n) is 15.8. The van der Waals surface area contributed by atoms with E-state index in [1.807, 2.05) is 0 Å². The summed E-state index contributed by atoms with van der Waals surface area (Å²) in [6, 6.07) is 13.2. The Morgan fingerprint density at radius 3 is 2.17 bits per heavy atom. The van der Waals surface area contributed by atoms with Gasteiger partial charge in [0.25, 0.3) is 11.8 Å². The summed E-state index contributed by atoms with van der Waals surface area (Å²) in [4.78, 5) is 46.8. The van der Waals surface area contributed by atoms with Gasteiger partial charge in [-0.15, -0.1) is 0 Å². The summed E-state index contributed by atoms with van der Waals surface area (Å²) in [5, 5.41) is 15.6. The Morgan fingerprint density at radius 2 is 1.62 bits per heavy atom. The number of carbonyl (C=O) groups is 4. The van der Waals surface area contributed by atoms with Gasteiger partial charge in [-0.2, -0.15) is 0 Å². The highest BCUT2D eigenvalue weighted by atomic mass is 16.5. The van der Waals surface area contributed by atoms with Crippen LogP contribution >= 0.6 is 0 Å². The normalized spacial score (nSPS) is 11.9. The number of rotatable bonds is 7. The fraction of sp³-hybridized carbons (Fsp3) is 0.143. The molecule has 0 aromatic heterocycles. The smallest absolute Gasteiger partial charge is 0.308 e. The number of esters is 1. The molecule has 2 amide bonds.